The summed E-state index contributed by atoms with van der Waals surface area (Å²) in [7, 11) is 0. The van der Waals surface area contributed by atoms with Crippen LogP contribution in [0.1, 0.15) is 0 Å². The maximum absolute atomic E-state index is 10.6. The molecule has 0 aliphatic rings. The number of rotatable bonds is 4. The molecule has 0 fully saturated rings. The van der Waals surface area contributed by atoms with Crippen LogP contribution in [0.2, 0.25) is 0 Å². The maximum Gasteiger partial charge on any atom is 0.409 e. The summed E-state index contributed by atoms with van der Waals surface area (Å²) < 4.78 is 42.3. The van der Waals surface area contributed by atoms with Gasteiger partial charge in [0.2, 0.25) is 0 Å². The Hall–Kier alpha value is -3.29. The highest BCUT2D eigenvalue weighted by atomic mass is 31.0. The van der Waals surface area contributed by atoms with Gasteiger partial charge in [-0.1, -0.05) is 0 Å². The molecule has 0 aliphatic carbocycles. The largest absolute Gasteiger partial charge is 0.473 e. The van der Waals surface area contributed by atoms with Crippen molar-refractivity contribution in [1.29, 1.82) is 0 Å². The molecular weight excluding hydrogens is 395 g/mol. The van der Waals surface area contributed by atoms with Gasteiger partial charge in [-0.05, 0) is 0 Å². The molecule has 1 unspecified atom stereocenters. The average molecular weight is 402 g/mol. The van der Waals surface area contributed by atoms with Gasteiger partial charge in [-0.25, -0.2) is 38.4 Å². The molecule has 0 bridgehead atoms. The molecule has 0 rings (SSSR count). The Kier molecular flexibility index (Phi) is 25.0. The highest BCUT2D eigenvalue weighted by Crippen LogP contribution is 1.68. The van der Waals surface area contributed by atoms with Crippen LogP contribution < -0.4 is 0 Å². The lowest BCUT2D eigenvalue weighted by molar-refractivity contribution is -0.154. The van der Waals surface area contributed by atoms with Gasteiger partial charge in [0.15, 0.2) is 0 Å². The van der Waals surface area contributed by atoms with E-state index in [1.54, 1.807) is 0 Å². The van der Waals surface area contributed by atoms with E-state index in [1.165, 1.54) is 0 Å². The Labute approximate surface area is 135 Å². The molecule has 0 aromatic carbocycles. The van der Waals surface area contributed by atoms with Gasteiger partial charge in [0.25, 0.3) is 0 Å². The van der Waals surface area contributed by atoms with Crippen LogP contribution in [-0.2, 0) is 38.4 Å². The predicted octanol–water partition coefficient (Wildman–Crippen LogP) is -1.67. The zero-order valence-electron chi connectivity index (χ0n) is 11.3. The van der Waals surface area contributed by atoms with Crippen molar-refractivity contribution >= 4 is 57.9 Å². The molecule has 4 N–H and O–H groups in total. The first-order chi connectivity index (χ1) is 10.6. The molecule has 12 nitrogen and oxygen atoms in total. The third kappa shape index (κ3) is 44.9. The summed E-state index contributed by atoms with van der Waals surface area (Å²) in [5, 5.41) is 29.1. The summed E-state index contributed by atoms with van der Waals surface area (Å²) in [6, 6.07) is -9.30. The molecule has 1 atom stereocenters. The lowest BCUT2D eigenvalue weighted by Crippen LogP contribution is -2.04. The topological polar surface area (TPSA) is 217 Å². The molecule has 0 saturated carbocycles. The minimum atomic E-state index is -2.32. The van der Waals surface area contributed by atoms with Crippen molar-refractivity contribution in [2.24, 2.45) is 0 Å². The van der Waals surface area contributed by atoms with Crippen LogP contribution in [0.15, 0.2) is 0 Å². The molecule has 0 saturated heterocycles. The number of halogens is 4. The van der Waals surface area contributed by atoms with E-state index < -0.39 is 48.0 Å². The fourth-order valence-corrected chi connectivity index (χ4v) is 0. The third-order valence-electron chi connectivity index (χ3n) is 0.673. The Morgan fingerprint density at radius 3 is 0.440 bits per heavy atom. The van der Waals surface area contributed by atoms with E-state index in [2.05, 4.69) is 0 Å². The molecule has 0 aliphatic heterocycles. The van der Waals surface area contributed by atoms with Crippen LogP contribution in [0.3, 0.4) is 0 Å². The summed E-state index contributed by atoms with van der Waals surface area (Å²) in [6.45, 7) is 0. The van der Waals surface area contributed by atoms with Gasteiger partial charge in [-0.3, -0.25) is 0 Å². The molecule has 0 aromatic rings. The Morgan fingerprint density at radius 2 is 0.440 bits per heavy atom. The molecule has 0 amide bonds. The first-order valence-electron chi connectivity index (χ1n) is 4.28. The molecule has 0 aromatic heterocycles. The predicted molar refractivity (Wildman–Crippen MR) is 66.1 cm³/mol. The molecule has 0 heterocycles. The van der Waals surface area contributed by atoms with Gasteiger partial charge < -0.3 is 20.4 Å². The number of carbonyl (C=O) groups is 8. The van der Waals surface area contributed by atoms with Crippen LogP contribution in [0.5, 0.6) is 0 Å². The van der Waals surface area contributed by atoms with E-state index in [0.29, 0.717) is 0 Å². The highest BCUT2D eigenvalue weighted by molar-refractivity contribution is 6.92. The standard InChI is InChI=1S/4C2HFO3.H3P/c4*3-1(4)2(5)6;/h4*(H,5,6);1H3. The van der Waals surface area contributed by atoms with Crippen molar-refractivity contribution in [2.75, 3.05) is 0 Å². The number of hydrogen-bond donors (Lipinski definition) is 4. The van der Waals surface area contributed by atoms with Crippen molar-refractivity contribution in [3.05, 3.63) is 0 Å². The zero-order chi connectivity index (χ0) is 20.6. The van der Waals surface area contributed by atoms with Crippen molar-refractivity contribution < 1.29 is 76.3 Å². The van der Waals surface area contributed by atoms with E-state index >= 15 is 0 Å². The number of carboxylic acid groups (broad SMARTS) is 4. The van der Waals surface area contributed by atoms with E-state index in [-0.39, 0.29) is 9.90 Å². The number of carbonyl (C=O) groups excluding carboxylic acids is 4. The monoisotopic (exact) mass is 402 g/mol. The molecule has 0 radical (unpaired) electrons. The second-order valence-electron chi connectivity index (χ2n) is 2.32. The van der Waals surface area contributed by atoms with Gasteiger partial charge in [0.05, 0.1) is 0 Å². The number of carboxylic acids is 4. The lowest BCUT2D eigenvalue weighted by Gasteiger charge is -1.68. The zero-order valence-corrected chi connectivity index (χ0v) is 12.7. The normalized spacial score (nSPS) is 7.20. The van der Waals surface area contributed by atoms with Crippen LogP contribution in [0.25, 0.3) is 0 Å². The molecule has 144 valence electrons. The summed E-state index contributed by atoms with van der Waals surface area (Å²) >= 11 is 0. The average Bonchev–Trinajstić information content (AvgIpc) is 2.40. The van der Waals surface area contributed by atoms with Gasteiger partial charge in [0.1, 0.15) is 0 Å². The third-order valence-corrected chi connectivity index (χ3v) is 0.673. The smallest absolute Gasteiger partial charge is 0.409 e. The van der Waals surface area contributed by atoms with Crippen LogP contribution >= 0.6 is 9.90 Å². The van der Waals surface area contributed by atoms with Crippen molar-refractivity contribution in [3.63, 3.8) is 0 Å². The Balaban J connectivity index is -0.0000000702. The quantitative estimate of drug-likeness (QED) is 0.179. The van der Waals surface area contributed by atoms with Crippen molar-refractivity contribution in [2.45, 2.75) is 0 Å². The fourth-order valence-electron chi connectivity index (χ4n) is 0. The summed E-state index contributed by atoms with van der Waals surface area (Å²) in [6.07, 6.45) is 0. The van der Waals surface area contributed by atoms with E-state index in [9.17, 15) is 17.6 Å². The minimum Gasteiger partial charge on any atom is -0.473 e. The Bertz CT molecular complexity index is 401. The second kappa shape index (κ2) is 18.8. The Morgan fingerprint density at radius 1 is 0.400 bits per heavy atom. The summed E-state index contributed by atoms with van der Waals surface area (Å²) in [4.78, 5) is 71.4. The fraction of sp³-hybridized carbons (Fsp3) is 0. The summed E-state index contributed by atoms with van der Waals surface area (Å²) in [5.74, 6) is -8.19. The van der Waals surface area contributed by atoms with Crippen molar-refractivity contribution in [3.8, 4) is 0 Å². The van der Waals surface area contributed by atoms with Gasteiger partial charge in [-0.2, -0.15) is 27.5 Å². The minimum absolute atomic E-state index is 0. The maximum atomic E-state index is 10.6. The van der Waals surface area contributed by atoms with Crippen LogP contribution in [0.4, 0.5) is 17.6 Å². The van der Waals surface area contributed by atoms with E-state index in [1.807, 2.05) is 0 Å². The highest BCUT2D eigenvalue weighted by Gasteiger charge is 2.07. The van der Waals surface area contributed by atoms with E-state index in [4.69, 9.17) is 58.8 Å². The van der Waals surface area contributed by atoms with Crippen molar-refractivity contribution in [1.82, 2.24) is 0 Å². The lowest BCUT2D eigenvalue weighted by atomic mass is 10.8. The molecule has 25 heavy (non-hydrogen) atoms. The van der Waals surface area contributed by atoms with Crippen LogP contribution in [-0.4, -0.2) is 68.5 Å². The SMILES string of the molecule is O=C(O)C(=O)F.O=C(O)C(=O)F.O=C(O)C(=O)F.O=C(O)C(=O)F.P. The van der Waals surface area contributed by atoms with Gasteiger partial charge >= 0.3 is 48.0 Å². The van der Waals surface area contributed by atoms with E-state index in [0.717, 1.165) is 0 Å². The second-order valence-corrected chi connectivity index (χ2v) is 2.32. The summed E-state index contributed by atoms with van der Waals surface area (Å²) in [5.41, 5.74) is 0. The molecule has 17 heteroatoms. The van der Waals surface area contributed by atoms with Gasteiger partial charge in [-0.15, -0.1) is 0 Å². The number of aliphatic carboxylic acids is 4. The first kappa shape index (κ1) is 33.3. The van der Waals surface area contributed by atoms with Gasteiger partial charge in [0, 0.05) is 0 Å². The molecular formula is C8H7F4O12P. The first-order valence-corrected chi connectivity index (χ1v) is 4.28. The van der Waals surface area contributed by atoms with Crippen LogP contribution in [0, 0.1) is 0 Å². The number of hydrogen-bond acceptors (Lipinski definition) is 8. The molecule has 0 spiro atoms.